The molecule has 138 valence electrons. The molecule has 27 heavy (non-hydrogen) atoms. The van der Waals surface area contributed by atoms with Crippen LogP contribution in [0.1, 0.15) is 28.9 Å². The zero-order valence-electron chi connectivity index (χ0n) is 15.2. The van der Waals surface area contributed by atoms with Gasteiger partial charge in [-0.1, -0.05) is 18.2 Å². The van der Waals surface area contributed by atoms with Crippen LogP contribution in [0.3, 0.4) is 0 Å². The van der Waals surface area contributed by atoms with Gasteiger partial charge in [-0.2, -0.15) is 0 Å². The predicted octanol–water partition coefficient (Wildman–Crippen LogP) is 4.06. The zero-order valence-corrected chi connectivity index (χ0v) is 16.0. The van der Waals surface area contributed by atoms with Crippen LogP contribution in [0.15, 0.2) is 54.0 Å². The molecule has 0 aliphatic carbocycles. The standard InChI is InChI=1S/C21H21N3O2S/c1-26-17-8-4-6-15(13-17)12-16-7-5-11-24(16)21(25)19-14-27-20(23-19)18-9-2-3-10-22-18/h2-4,6,8-10,13-14,16H,5,7,11-12H2,1H3/t16-/m0/s1. The Labute approximate surface area is 162 Å². The molecule has 4 rings (SSSR count). The van der Waals surface area contributed by atoms with Gasteiger partial charge in [-0.15, -0.1) is 11.3 Å². The number of nitrogens with zero attached hydrogens (tertiary/aromatic N) is 3. The third-order valence-electron chi connectivity index (χ3n) is 4.85. The predicted molar refractivity (Wildman–Crippen MR) is 106 cm³/mol. The van der Waals surface area contributed by atoms with Crippen LogP contribution in [-0.4, -0.2) is 40.5 Å². The molecule has 1 amide bonds. The second-order valence-electron chi connectivity index (χ2n) is 6.60. The smallest absolute Gasteiger partial charge is 0.273 e. The van der Waals surface area contributed by atoms with E-state index in [1.165, 1.54) is 16.9 Å². The largest absolute Gasteiger partial charge is 0.497 e. The van der Waals surface area contributed by atoms with Crippen LogP contribution in [0.2, 0.25) is 0 Å². The number of ether oxygens (including phenoxy) is 1. The molecule has 1 fully saturated rings. The Kier molecular flexibility index (Phi) is 5.16. The van der Waals surface area contributed by atoms with E-state index < -0.39 is 0 Å². The molecular formula is C21H21N3O2S. The number of hydrogen-bond acceptors (Lipinski definition) is 5. The van der Waals surface area contributed by atoms with Gasteiger partial charge in [0.25, 0.3) is 5.91 Å². The lowest BCUT2D eigenvalue weighted by molar-refractivity contribution is 0.0731. The number of hydrogen-bond donors (Lipinski definition) is 0. The van der Waals surface area contributed by atoms with Gasteiger partial charge >= 0.3 is 0 Å². The van der Waals surface area contributed by atoms with Gasteiger partial charge in [0.05, 0.1) is 12.8 Å². The van der Waals surface area contributed by atoms with E-state index in [-0.39, 0.29) is 11.9 Å². The summed E-state index contributed by atoms with van der Waals surface area (Å²) >= 11 is 1.46. The first-order valence-corrected chi connectivity index (χ1v) is 9.93. The summed E-state index contributed by atoms with van der Waals surface area (Å²) in [6, 6.07) is 14.0. The van der Waals surface area contributed by atoms with Gasteiger partial charge in [0, 0.05) is 24.2 Å². The van der Waals surface area contributed by atoms with Gasteiger partial charge in [0.15, 0.2) is 0 Å². The van der Waals surface area contributed by atoms with E-state index in [2.05, 4.69) is 16.0 Å². The van der Waals surface area contributed by atoms with Crippen LogP contribution in [-0.2, 0) is 6.42 Å². The van der Waals surface area contributed by atoms with Crippen molar-refractivity contribution in [3.05, 3.63) is 65.3 Å². The Morgan fingerprint density at radius 2 is 2.22 bits per heavy atom. The van der Waals surface area contributed by atoms with Crippen molar-refractivity contribution in [2.24, 2.45) is 0 Å². The number of pyridine rings is 1. The Morgan fingerprint density at radius 1 is 1.30 bits per heavy atom. The summed E-state index contributed by atoms with van der Waals surface area (Å²) in [6.07, 6.45) is 4.61. The van der Waals surface area contributed by atoms with Crippen molar-refractivity contribution in [3.63, 3.8) is 0 Å². The number of aromatic nitrogens is 2. The molecule has 1 atom stereocenters. The third kappa shape index (κ3) is 3.85. The summed E-state index contributed by atoms with van der Waals surface area (Å²) in [4.78, 5) is 23.9. The zero-order chi connectivity index (χ0) is 18.6. The minimum absolute atomic E-state index is 0.0128. The lowest BCUT2D eigenvalue weighted by atomic mass is 10.0. The van der Waals surface area contributed by atoms with E-state index in [1.807, 2.05) is 46.7 Å². The first kappa shape index (κ1) is 17.7. The Morgan fingerprint density at radius 3 is 3.04 bits per heavy atom. The lowest BCUT2D eigenvalue weighted by Crippen LogP contribution is -2.37. The first-order valence-electron chi connectivity index (χ1n) is 9.05. The number of carbonyl (C=O) groups excluding carboxylic acids is 1. The van der Waals surface area contributed by atoms with Crippen LogP contribution in [0, 0.1) is 0 Å². The molecule has 0 N–H and O–H groups in total. The second kappa shape index (κ2) is 7.88. The Balaban J connectivity index is 1.50. The van der Waals surface area contributed by atoms with Crippen molar-refractivity contribution in [2.45, 2.75) is 25.3 Å². The summed E-state index contributed by atoms with van der Waals surface area (Å²) in [6.45, 7) is 0.782. The van der Waals surface area contributed by atoms with Gasteiger partial charge in [0.2, 0.25) is 0 Å². The molecule has 3 heterocycles. The van der Waals surface area contributed by atoms with Crippen molar-refractivity contribution in [3.8, 4) is 16.5 Å². The van der Waals surface area contributed by atoms with Crippen molar-refractivity contribution in [2.75, 3.05) is 13.7 Å². The molecule has 1 saturated heterocycles. The molecule has 6 heteroatoms. The van der Waals surface area contributed by atoms with Crippen LogP contribution in [0.4, 0.5) is 0 Å². The quantitative estimate of drug-likeness (QED) is 0.671. The summed E-state index contributed by atoms with van der Waals surface area (Å²) in [5.41, 5.74) is 2.50. The van der Waals surface area contributed by atoms with Gasteiger partial charge in [-0.25, -0.2) is 4.98 Å². The number of carbonyl (C=O) groups is 1. The number of rotatable bonds is 5. The number of benzene rings is 1. The van der Waals surface area contributed by atoms with Crippen molar-refractivity contribution in [1.82, 2.24) is 14.9 Å². The summed E-state index contributed by atoms with van der Waals surface area (Å²) in [5.74, 6) is 0.863. The summed E-state index contributed by atoms with van der Waals surface area (Å²) in [5, 5.41) is 2.62. The van der Waals surface area contributed by atoms with Crippen molar-refractivity contribution < 1.29 is 9.53 Å². The van der Waals surface area contributed by atoms with E-state index in [1.54, 1.807) is 13.3 Å². The number of thiazole rings is 1. The highest BCUT2D eigenvalue weighted by molar-refractivity contribution is 7.13. The van der Waals surface area contributed by atoms with E-state index in [9.17, 15) is 4.79 Å². The molecule has 2 aromatic heterocycles. The minimum Gasteiger partial charge on any atom is -0.497 e. The fraction of sp³-hybridized carbons (Fsp3) is 0.286. The third-order valence-corrected chi connectivity index (χ3v) is 5.72. The molecule has 5 nitrogen and oxygen atoms in total. The maximum atomic E-state index is 13.0. The molecule has 0 spiro atoms. The van der Waals surface area contributed by atoms with Gasteiger partial charge in [0.1, 0.15) is 16.5 Å². The summed E-state index contributed by atoms with van der Waals surface area (Å²) in [7, 11) is 1.67. The number of likely N-dealkylation sites (tertiary alicyclic amines) is 1. The topological polar surface area (TPSA) is 55.3 Å². The molecule has 0 radical (unpaired) electrons. The van der Waals surface area contributed by atoms with E-state index in [0.29, 0.717) is 5.69 Å². The first-order chi connectivity index (χ1) is 13.2. The van der Waals surface area contributed by atoms with E-state index >= 15 is 0 Å². The Hall–Kier alpha value is -2.73. The molecule has 1 aliphatic heterocycles. The SMILES string of the molecule is COc1cccc(C[C@@H]2CCCN2C(=O)c2csc(-c3ccccn3)n2)c1. The average Bonchev–Trinajstić information content (AvgIpc) is 3.38. The van der Waals surface area contributed by atoms with Gasteiger partial charge < -0.3 is 9.64 Å². The number of methoxy groups -OCH3 is 1. The van der Waals surface area contributed by atoms with Crippen LogP contribution in [0.25, 0.3) is 10.7 Å². The molecular weight excluding hydrogens is 358 g/mol. The molecule has 1 aliphatic rings. The van der Waals surface area contributed by atoms with Crippen molar-refractivity contribution in [1.29, 1.82) is 0 Å². The normalized spacial score (nSPS) is 16.5. The highest BCUT2D eigenvalue weighted by Crippen LogP contribution is 2.27. The lowest BCUT2D eigenvalue weighted by Gasteiger charge is -2.24. The number of amides is 1. The molecule has 0 unspecified atom stereocenters. The van der Waals surface area contributed by atoms with Crippen LogP contribution in [0.5, 0.6) is 5.75 Å². The van der Waals surface area contributed by atoms with Crippen molar-refractivity contribution >= 4 is 17.2 Å². The maximum Gasteiger partial charge on any atom is 0.273 e. The average molecular weight is 379 g/mol. The molecule has 0 saturated carbocycles. The highest BCUT2D eigenvalue weighted by atomic mass is 32.1. The molecule has 0 bridgehead atoms. The molecule has 1 aromatic carbocycles. The fourth-order valence-corrected chi connectivity index (χ4v) is 4.28. The Bertz CT molecular complexity index is 926. The van der Waals surface area contributed by atoms with Crippen LogP contribution >= 0.6 is 11.3 Å². The maximum absolute atomic E-state index is 13.0. The van der Waals surface area contributed by atoms with E-state index in [0.717, 1.165) is 42.3 Å². The fourth-order valence-electron chi connectivity index (χ4n) is 3.51. The van der Waals surface area contributed by atoms with Gasteiger partial charge in [-0.05, 0) is 49.1 Å². The molecule has 3 aromatic rings. The summed E-state index contributed by atoms with van der Waals surface area (Å²) < 4.78 is 5.31. The second-order valence-corrected chi connectivity index (χ2v) is 7.46. The van der Waals surface area contributed by atoms with Gasteiger partial charge in [-0.3, -0.25) is 9.78 Å². The highest BCUT2D eigenvalue weighted by Gasteiger charge is 2.30. The van der Waals surface area contributed by atoms with Crippen LogP contribution < -0.4 is 4.74 Å². The monoisotopic (exact) mass is 379 g/mol. The van der Waals surface area contributed by atoms with E-state index in [4.69, 9.17) is 4.74 Å². The minimum atomic E-state index is 0.0128.